The van der Waals surface area contributed by atoms with Gasteiger partial charge in [-0.05, 0) is 66.2 Å². The highest BCUT2D eigenvalue weighted by molar-refractivity contribution is 7.92. The van der Waals surface area contributed by atoms with Crippen molar-refractivity contribution in [2.45, 2.75) is 4.90 Å². The average Bonchev–Trinajstić information content (AvgIpc) is 2.79. The minimum absolute atomic E-state index is 0.00820. The number of nitrogens with one attached hydrogen (secondary N) is 1. The zero-order chi connectivity index (χ0) is 22.3. The maximum atomic E-state index is 13.3. The third-order valence-electron chi connectivity index (χ3n) is 4.25. The van der Waals surface area contributed by atoms with Crippen LogP contribution in [0.15, 0.2) is 88.9 Å². The van der Waals surface area contributed by atoms with Gasteiger partial charge in [-0.15, -0.1) is 0 Å². The summed E-state index contributed by atoms with van der Waals surface area (Å²) in [5, 5.41) is 3.87. The molecule has 160 valence electrons. The number of ether oxygens (including phenoxy) is 1. The number of methoxy groups -OCH3 is 1. The van der Waals surface area contributed by atoms with Gasteiger partial charge in [-0.1, -0.05) is 18.2 Å². The topological polar surface area (TPSA) is 88.1 Å². The number of rotatable bonds is 8. The number of anilines is 1. The summed E-state index contributed by atoms with van der Waals surface area (Å²) in [6.07, 6.45) is 1.42. The summed E-state index contributed by atoms with van der Waals surface area (Å²) in [6.45, 7) is -0.539. The van der Waals surface area contributed by atoms with Crippen LogP contribution in [0, 0.1) is 5.82 Å². The molecule has 0 bridgehead atoms. The molecule has 3 aromatic rings. The van der Waals surface area contributed by atoms with Gasteiger partial charge in [0.2, 0.25) is 0 Å². The second-order valence-corrected chi connectivity index (χ2v) is 8.23. The molecule has 0 aromatic heterocycles. The number of carbonyl (C=O) groups excluding carboxylic acids is 1. The van der Waals surface area contributed by atoms with Crippen molar-refractivity contribution in [3.8, 4) is 5.75 Å². The van der Waals surface area contributed by atoms with Gasteiger partial charge in [0.25, 0.3) is 15.9 Å². The standard InChI is InChI=1S/C22H20FN3O4S/c1-30-20-13-7-17(8-14-20)15-24-25-22(27)16-26(19-11-9-18(23)10-12-19)31(28,29)21-5-3-2-4-6-21/h2-15H,16H2,1H3,(H,25,27)/b24-15-. The molecular formula is C22H20FN3O4S. The lowest BCUT2D eigenvalue weighted by Crippen LogP contribution is -2.39. The van der Waals surface area contributed by atoms with Crippen LogP contribution in [0.2, 0.25) is 0 Å². The predicted molar refractivity (Wildman–Crippen MR) is 116 cm³/mol. The van der Waals surface area contributed by atoms with Crippen molar-refractivity contribution in [3.63, 3.8) is 0 Å². The normalized spacial score (nSPS) is 11.3. The number of carbonyl (C=O) groups is 1. The van der Waals surface area contributed by atoms with E-state index < -0.39 is 28.3 Å². The van der Waals surface area contributed by atoms with Crippen molar-refractivity contribution in [3.05, 3.63) is 90.2 Å². The molecule has 1 N–H and O–H groups in total. The first kappa shape index (κ1) is 22.0. The van der Waals surface area contributed by atoms with E-state index in [0.717, 1.165) is 16.4 Å². The SMILES string of the molecule is COc1ccc(/C=N\NC(=O)CN(c2ccc(F)cc2)S(=O)(=O)c2ccccc2)cc1. The van der Waals surface area contributed by atoms with Gasteiger partial charge in [0.1, 0.15) is 18.1 Å². The Hall–Kier alpha value is -3.72. The van der Waals surface area contributed by atoms with Crippen molar-refractivity contribution in [1.82, 2.24) is 5.43 Å². The second kappa shape index (κ2) is 9.86. The lowest BCUT2D eigenvalue weighted by molar-refractivity contribution is -0.119. The highest BCUT2D eigenvalue weighted by Crippen LogP contribution is 2.23. The van der Waals surface area contributed by atoms with Crippen LogP contribution in [-0.4, -0.2) is 34.2 Å². The van der Waals surface area contributed by atoms with E-state index in [1.807, 2.05) is 0 Å². The maximum Gasteiger partial charge on any atom is 0.264 e. The molecule has 31 heavy (non-hydrogen) atoms. The Morgan fingerprint density at radius 3 is 2.29 bits per heavy atom. The quantitative estimate of drug-likeness (QED) is 0.430. The smallest absolute Gasteiger partial charge is 0.264 e. The molecule has 3 rings (SSSR count). The maximum absolute atomic E-state index is 13.3. The van der Waals surface area contributed by atoms with Crippen molar-refractivity contribution in [2.75, 3.05) is 18.0 Å². The van der Waals surface area contributed by atoms with Crippen LogP contribution in [0.1, 0.15) is 5.56 Å². The van der Waals surface area contributed by atoms with Crippen LogP contribution in [0.25, 0.3) is 0 Å². The summed E-state index contributed by atoms with van der Waals surface area (Å²) in [6, 6.07) is 19.5. The molecule has 0 saturated carbocycles. The Morgan fingerprint density at radius 2 is 1.68 bits per heavy atom. The molecule has 0 unspecified atom stereocenters. The van der Waals surface area contributed by atoms with Crippen LogP contribution in [0.3, 0.4) is 0 Å². The molecule has 0 atom stereocenters. The van der Waals surface area contributed by atoms with E-state index in [1.165, 1.54) is 30.5 Å². The van der Waals surface area contributed by atoms with E-state index in [2.05, 4.69) is 10.5 Å². The number of halogens is 1. The molecule has 3 aromatic carbocycles. The van der Waals surface area contributed by atoms with Gasteiger partial charge in [-0.25, -0.2) is 18.2 Å². The molecule has 1 amide bonds. The monoisotopic (exact) mass is 441 g/mol. The fourth-order valence-electron chi connectivity index (χ4n) is 2.68. The highest BCUT2D eigenvalue weighted by atomic mass is 32.2. The van der Waals surface area contributed by atoms with E-state index in [1.54, 1.807) is 49.6 Å². The van der Waals surface area contributed by atoms with E-state index in [9.17, 15) is 17.6 Å². The van der Waals surface area contributed by atoms with Gasteiger partial charge in [-0.3, -0.25) is 9.10 Å². The number of amides is 1. The van der Waals surface area contributed by atoms with Gasteiger partial charge in [-0.2, -0.15) is 5.10 Å². The summed E-state index contributed by atoms with van der Waals surface area (Å²) in [4.78, 5) is 12.4. The Morgan fingerprint density at radius 1 is 1.03 bits per heavy atom. The molecule has 9 heteroatoms. The summed E-state index contributed by atoms with van der Waals surface area (Å²) < 4.78 is 45.5. The van der Waals surface area contributed by atoms with Gasteiger partial charge < -0.3 is 4.74 Å². The zero-order valence-electron chi connectivity index (χ0n) is 16.6. The van der Waals surface area contributed by atoms with Crippen molar-refractivity contribution in [2.24, 2.45) is 5.10 Å². The molecule has 7 nitrogen and oxygen atoms in total. The second-order valence-electron chi connectivity index (χ2n) is 6.37. The summed E-state index contributed by atoms with van der Waals surface area (Å²) in [5.41, 5.74) is 3.18. The van der Waals surface area contributed by atoms with E-state index in [4.69, 9.17) is 4.74 Å². The number of hydrogen-bond donors (Lipinski definition) is 1. The van der Waals surface area contributed by atoms with Crippen molar-refractivity contribution in [1.29, 1.82) is 0 Å². The third kappa shape index (κ3) is 5.67. The Kier molecular flexibility index (Phi) is 6.99. The number of hydrazone groups is 1. The first-order valence-corrected chi connectivity index (χ1v) is 10.6. The first-order chi connectivity index (χ1) is 14.9. The largest absolute Gasteiger partial charge is 0.497 e. The molecule has 0 aliphatic rings. The van der Waals surface area contributed by atoms with Crippen LogP contribution < -0.4 is 14.5 Å². The Balaban J connectivity index is 1.78. The number of benzene rings is 3. The molecule has 0 radical (unpaired) electrons. The summed E-state index contributed by atoms with van der Waals surface area (Å²) in [5.74, 6) is -0.495. The van der Waals surface area contributed by atoms with Gasteiger partial charge in [0.15, 0.2) is 0 Å². The zero-order valence-corrected chi connectivity index (χ0v) is 17.4. The van der Waals surface area contributed by atoms with E-state index in [0.29, 0.717) is 11.3 Å². The average molecular weight is 441 g/mol. The molecule has 0 saturated heterocycles. The van der Waals surface area contributed by atoms with Crippen LogP contribution in [0.5, 0.6) is 5.75 Å². The summed E-state index contributed by atoms with van der Waals surface area (Å²) in [7, 11) is -2.51. The fraction of sp³-hybridized carbons (Fsp3) is 0.0909. The number of hydrogen-bond acceptors (Lipinski definition) is 5. The fourth-order valence-corrected chi connectivity index (χ4v) is 4.12. The lowest BCUT2D eigenvalue weighted by atomic mass is 10.2. The molecule has 0 aliphatic heterocycles. The molecule has 0 aliphatic carbocycles. The van der Waals surface area contributed by atoms with Crippen LogP contribution in [-0.2, 0) is 14.8 Å². The number of nitrogens with zero attached hydrogens (tertiary/aromatic N) is 2. The lowest BCUT2D eigenvalue weighted by Gasteiger charge is -2.23. The number of sulfonamides is 1. The van der Waals surface area contributed by atoms with Crippen molar-refractivity contribution >= 4 is 27.8 Å². The van der Waals surface area contributed by atoms with Crippen LogP contribution in [0.4, 0.5) is 10.1 Å². The van der Waals surface area contributed by atoms with Gasteiger partial charge in [0.05, 0.1) is 23.9 Å². The van der Waals surface area contributed by atoms with Gasteiger partial charge in [0, 0.05) is 0 Å². The minimum atomic E-state index is -4.06. The molecule has 0 heterocycles. The minimum Gasteiger partial charge on any atom is -0.497 e. The third-order valence-corrected chi connectivity index (χ3v) is 6.04. The van der Waals surface area contributed by atoms with Gasteiger partial charge >= 0.3 is 0 Å². The van der Waals surface area contributed by atoms with E-state index in [-0.39, 0.29) is 10.6 Å². The Bertz CT molecular complexity index is 1150. The molecule has 0 spiro atoms. The Labute approximate surface area is 179 Å². The van der Waals surface area contributed by atoms with Crippen LogP contribution >= 0.6 is 0 Å². The highest BCUT2D eigenvalue weighted by Gasteiger charge is 2.27. The molecule has 0 fully saturated rings. The van der Waals surface area contributed by atoms with Crippen molar-refractivity contribution < 1.29 is 22.3 Å². The predicted octanol–water partition coefficient (Wildman–Crippen LogP) is 3.18. The van der Waals surface area contributed by atoms with E-state index >= 15 is 0 Å². The summed E-state index contributed by atoms with van der Waals surface area (Å²) >= 11 is 0. The molecular weight excluding hydrogens is 421 g/mol. The first-order valence-electron chi connectivity index (χ1n) is 9.19.